The fraction of sp³-hybridized carbons (Fsp3) is 0.286. The Morgan fingerprint density at radius 1 is 1.25 bits per heavy atom. The number of benzene rings is 1. The zero-order chi connectivity index (χ0) is 19.4. The van der Waals surface area contributed by atoms with Gasteiger partial charge in [0.25, 0.3) is 0 Å². The number of guanidine groups is 1. The smallest absolute Gasteiger partial charge is 0.191 e. The van der Waals surface area contributed by atoms with Crippen LogP contribution in [0.4, 0.5) is 0 Å². The van der Waals surface area contributed by atoms with Gasteiger partial charge < -0.3 is 10.6 Å². The highest BCUT2D eigenvalue weighted by atomic mass is 35.5. The predicted molar refractivity (Wildman–Crippen MR) is 112 cm³/mol. The summed E-state index contributed by atoms with van der Waals surface area (Å²) in [5.41, 5.74) is 2.54. The molecule has 6 nitrogen and oxygen atoms in total. The number of halogens is 1. The summed E-state index contributed by atoms with van der Waals surface area (Å²) < 4.78 is 1.88. The van der Waals surface area contributed by atoms with Crippen molar-refractivity contribution in [1.29, 1.82) is 0 Å². The van der Waals surface area contributed by atoms with Crippen molar-refractivity contribution >= 4 is 17.6 Å². The maximum atomic E-state index is 6.16. The summed E-state index contributed by atoms with van der Waals surface area (Å²) in [6.45, 7) is 1.49. The van der Waals surface area contributed by atoms with E-state index in [2.05, 4.69) is 43.8 Å². The average molecular weight is 395 g/mol. The van der Waals surface area contributed by atoms with Gasteiger partial charge in [-0.3, -0.25) is 9.56 Å². The van der Waals surface area contributed by atoms with Crippen molar-refractivity contribution in [3.8, 4) is 5.82 Å². The number of nitrogens with zero attached hydrogens (tertiary/aromatic N) is 4. The van der Waals surface area contributed by atoms with Gasteiger partial charge >= 0.3 is 0 Å². The molecule has 0 amide bonds. The Labute approximate surface area is 169 Å². The van der Waals surface area contributed by atoms with Gasteiger partial charge in [-0.15, -0.1) is 0 Å². The Morgan fingerprint density at radius 3 is 2.79 bits per heavy atom. The zero-order valence-corrected chi connectivity index (χ0v) is 16.5. The second-order valence-electron chi connectivity index (χ2n) is 7.06. The van der Waals surface area contributed by atoms with Crippen LogP contribution >= 0.6 is 11.6 Å². The third kappa shape index (κ3) is 4.17. The monoisotopic (exact) mass is 394 g/mol. The molecule has 0 saturated heterocycles. The molecule has 2 heterocycles. The van der Waals surface area contributed by atoms with E-state index in [4.69, 9.17) is 11.6 Å². The van der Waals surface area contributed by atoms with E-state index < -0.39 is 0 Å². The lowest BCUT2D eigenvalue weighted by Crippen LogP contribution is -2.40. The molecule has 1 fully saturated rings. The Morgan fingerprint density at radius 2 is 2.14 bits per heavy atom. The summed E-state index contributed by atoms with van der Waals surface area (Å²) in [7, 11) is 1.79. The van der Waals surface area contributed by atoms with Crippen LogP contribution in [0.2, 0.25) is 5.02 Å². The van der Waals surface area contributed by atoms with E-state index in [-0.39, 0.29) is 5.41 Å². The second-order valence-corrected chi connectivity index (χ2v) is 7.50. The fourth-order valence-electron chi connectivity index (χ4n) is 3.26. The van der Waals surface area contributed by atoms with E-state index in [0.29, 0.717) is 6.54 Å². The van der Waals surface area contributed by atoms with E-state index in [1.165, 1.54) is 5.56 Å². The number of pyridine rings is 1. The quantitative estimate of drug-likeness (QED) is 0.497. The molecular weight excluding hydrogens is 372 g/mol. The zero-order valence-electron chi connectivity index (χ0n) is 15.8. The molecule has 144 valence electrons. The number of nitrogens with one attached hydrogen (secondary N) is 2. The van der Waals surface area contributed by atoms with Crippen LogP contribution in [-0.4, -0.2) is 34.1 Å². The molecule has 1 saturated carbocycles. The first kappa shape index (κ1) is 18.5. The molecule has 0 atom stereocenters. The molecule has 0 radical (unpaired) electrons. The van der Waals surface area contributed by atoms with Crippen LogP contribution < -0.4 is 10.6 Å². The van der Waals surface area contributed by atoms with E-state index in [1.807, 2.05) is 35.2 Å². The van der Waals surface area contributed by atoms with Crippen molar-refractivity contribution in [2.45, 2.75) is 24.8 Å². The van der Waals surface area contributed by atoms with E-state index in [1.54, 1.807) is 19.6 Å². The molecule has 3 aromatic rings. The first-order chi connectivity index (χ1) is 13.7. The SMILES string of the molecule is CN=C(NCc1ccc(-n2ccnc2)nc1)NCC1(c2cccc(Cl)c2)CC1. The summed E-state index contributed by atoms with van der Waals surface area (Å²) in [5.74, 6) is 1.63. The van der Waals surface area contributed by atoms with Crippen LogP contribution in [0.1, 0.15) is 24.0 Å². The van der Waals surface area contributed by atoms with Gasteiger partial charge in [0, 0.05) is 49.2 Å². The fourth-order valence-corrected chi connectivity index (χ4v) is 3.45. The van der Waals surface area contributed by atoms with Gasteiger partial charge in [-0.2, -0.15) is 0 Å². The number of aliphatic imine (C=N–C) groups is 1. The van der Waals surface area contributed by atoms with Gasteiger partial charge in [-0.1, -0.05) is 29.8 Å². The number of hydrogen-bond acceptors (Lipinski definition) is 3. The molecule has 0 unspecified atom stereocenters. The van der Waals surface area contributed by atoms with Crippen LogP contribution in [0, 0.1) is 0 Å². The molecule has 0 bridgehead atoms. The van der Waals surface area contributed by atoms with Crippen molar-refractivity contribution in [2.75, 3.05) is 13.6 Å². The molecule has 0 aliphatic heterocycles. The lowest BCUT2D eigenvalue weighted by molar-refractivity contribution is 0.645. The van der Waals surface area contributed by atoms with Crippen molar-refractivity contribution in [1.82, 2.24) is 25.2 Å². The normalized spacial score (nSPS) is 15.3. The molecule has 1 aromatic carbocycles. The molecule has 1 aliphatic carbocycles. The summed E-state index contributed by atoms with van der Waals surface area (Å²) in [4.78, 5) is 12.9. The molecule has 4 rings (SSSR count). The topological polar surface area (TPSA) is 67.1 Å². The molecule has 2 N–H and O–H groups in total. The largest absolute Gasteiger partial charge is 0.356 e. The van der Waals surface area contributed by atoms with Crippen molar-refractivity contribution in [2.24, 2.45) is 4.99 Å². The average Bonchev–Trinajstić information content (AvgIpc) is 3.32. The van der Waals surface area contributed by atoms with Crippen LogP contribution in [0.15, 0.2) is 66.3 Å². The number of rotatable bonds is 6. The molecule has 28 heavy (non-hydrogen) atoms. The number of imidazole rings is 1. The van der Waals surface area contributed by atoms with Crippen molar-refractivity contribution < 1.29 is 0 Å². The summed E-state index contributed by atoms with van der Waals surface area (Å²) in [5, 5.41) is 7.60. The Bertz CT molecular complexity index is 945. The van der Waals surface area contributed by atoms with Crippen LogP contribution in [-0.2, 0) is 12.0 Å². The molecule has 0 spiro atoms. The first-order valence-corrected chi connectivity index (χ1v) is 9.70. The van der Waals surface area contributed by atoms with E-state index in [0.717, 1.165) is 41.7 Å². The number of hydrogen-bond donors (Lipinski definition) is 2. The highest BCUT2D eigenvalue weighted by Gasteiger charge is 2.44. The summed E-state index contributed by atoms with van der Waals surface area (Å²) in [6.07, 6.45) is 9.54. The van der Waals surface area contributed by atoms with Crippen molar-refractivity contribution in [3.63, 3.8) is 0 Å². The highest BCUT2D eigenvalue weighted by molar-refractivity contribution is 6.30. The number of aromatic nitrogens is 3. The van der Waals surface area contributed by atoms with Gasteiger partial charge in [-0.25, -0.2) is 9.97 Å². The Balaban J connectivity index is 1.32. The second kappa shape index (κ2) is 8.02. The summed E-state index contributed by atoms with van der Waals surface area (Å²) >= 11 is 6.16. The van der Waals surface area contributed by atoms with Crippen LogP contribution in [0.3, 0.4) is 0 Å². The van der Waals surface area contributed by atoms with Gasteiger partial charge in [0.2, 0.25) is 0 Å². The Hall–Kier alpha value is -2.86. The van der Waals surface area contributed by atoms with Gasteiger partial charge in [0.1, 0.15) is 12.1 Å². The minimum Gasteiger partial charge on any atom is -0.356 e. The maximum absolute atomic E-state index is 6.16. The minimum absolute atomic E-state index is 0.163. The third-order valence-corrected chi connectivity index (χ3v) is 5.38. The minimum atomic E-state index is 0.163. The Kier molecular flexibility index (Phi) is 5.30. The van der Waals surface area contributed by atoms with Crippen LogP contribution in [0.5, 0.6) is 0 Å². The summed E-state index contributed by atoms with van der Waals surface area (Å²) in [6, 6.07) is 12.2. The first-order valence-electron chi connectivity index (χ1n) is 9.32. The van der Waals surface area contributed by atoms with Crippen LogP contribution in [0.25, 0.3) is 5.82 Å². The van der Waals surface area contributed by atoms with E-state index in [9.17, 15) is 0 Å². The highest BCUT2D eigenvalue weighted by Crippen LogP contribution is 2.48. The molecule has 7 heteroatoms. The lowest BCUT2D eigenvalue weighted by Gasteiger charge is -2.19. The third-order valence-electron chi connectivity index (χ3n) is 5.15. The molecule has 1 aliphatic rings. The van der Waals surface area contributed by atoms with E-state index >= 15 is 0 Å². The lowest BCUT2D eigenvalue weighted by atomic mass is 9.96. The van der Waals surface area contributed by atoms with Gasteiger partial charge in [-0.05, 0) is 42.2 Å². The maximum Gasteiger partial charge on any atom is 0.191 e. The predicted octanol–water partition coefficient (Wildman–Crippen LogP) is 3.32. The van der Waals surface area contributed by atoms with Crippen molar-refractivity contribution in [3.05, 3.63) is 77.5 Å². The molecule has 2 aromatic heterocycles. The molecular formula is C21H23ClN6. The van der Waals surface area contributed by atoms with Gasteiger partial charge in [0.05, 0.1) is 0 Å². The van der Waals surface area contributed by atoms with Gasteiger partial charge in [0.15, 0.2) is 5.96 Å². The standard InChI is InChI=1S/C21H23ClN6/c1-23-20(27-14-21(7-8-21)17-3-2-4-18(22)11-17)26-13-16-5-6-19(25-12-16)28-10-9-24-15-28/h2-6,9-12,15H,7-8,13-14H2,1H3,(H2,23,26,27).